The van der Waals surface area contributed by atoms with E-state index in [1.807, 2.05) is 12.1 Å². The molecule has 3 nitrogen and oxygen atoms in total. The molecule has 3 aliphatic rings. The number of amides is 1. The third-order valence-corrected chi connectivity index (χ3v) is 6.03. The molecule has 0 aliphatic heterocycles. The molecule has 3 heteroatoms. The molecule has 0 saturated carbocycles. The summed E-state index contributed by atoms with van der Waals surface area (Å²) in [6.45, 7) is 2.22. The van der Waals surface area contributed by atoms with Crippen LogP contribution in [0.4, 0.5) is 5.69 Å². The number of aromatic nitrogens is 1. The predicted molar refractivity (Wildman–Crippen MR) is 102 cm³/mol. The molecule has 1 aromatic heterocycles. The van der Waals surface area contributed by atoms with Crippen LogP contribution in [0, 0.1) is 11.8 Å². The summed E-state index contributed by atoms with van der Waals surface area (Å²) in [6, 6.07) is 20.9. The van der Waals surface area contributed by atoms with E-state index in [0.29, 0.717) is 0 Å². The molecule has 2 aromatic carbocycles. The monoisotopic (exact) mass is 340 g/mol. The van der Waals surface area contributed by atoms with Crippen molar-refractivity contribution in [2.24, 2.45) is 11.8 Å². The molecule has 2 atom stereocenters. The standard InChI is InChI=1S/C23H20N2O/c1-14-20-16-6-2-4-8-18(16)22(19-9-5-3-7-17(19)20)21(14)23(26)25-15-10-12-24-13-11-15/h2-14,20-22H,1H3,(H,24,25,26)/t14-,20?,21+,22?/m0/s1. The number of benzene rings is 2. The molecule has 3 aliphatic carbocycles. The smallest absolute Gasteiger partial charge is 0.228 e. The first-order valence-corrected chi connectivity index (χ1v) is 9.14. The number of hydrogen-bond donors (Lipinski definition) is 1. The quantitative estimate of drug-likeness (QED) is 0.743. The van der Waals surface area contributed by atoms with Crippen LogP contribution in [0.1, 0.15) is 41.0 Å². The number of anilines is 1. The Morgan fingerprint density at radius 2 is 1.31 bits per heavy atom. The molecule has 26 heavy (non-hydrogen) atoms. The van der Waals surface area contributed by atoms with E-state index in [2.05, 4.69) is 65.8 Å². The van der Waals surface area contributed by atoms with Gasteiger partial charge in [0.15, 0.2) is 0 Å². The number of nitrogens with one attached hydrogen (secondary N) is 1. The van der Waals surface area contributed by atoms with Gasteiger partial charge in [0, 0.05) is 29.9 Å². The topological polar surface area (TPSA) is 42.0 Å². The summed E-state index contributed by atoms with van der Waals surface area (Å²) < 4.78 is 0. The fourth-order valence-corrected chi connectivity index (χ4v) is 5.00. The predicted octanol–water partition coefficient (Wildman–Crippen LogP) is 4.56. The third-order valence-electron chi connectivity index (χ3n) is 6.03. The number of carbonyl (C=O) groups excluding carboxylic acids is 1. The lowest BCUT2D eigenvalue weighted by atomic mass is 9.54. The maximum atomic E-state index is 13.3. The second-order valence-electron chi connectivity index (χ2n) is 7.32. The first-order valence-electron chi connectivity index (χ1n) is 9.14. The zero-order chi connectivity index (χ0) is 17.7. The molecule has 128 valence electrons. The van der Waals surface area contributed by atoms with Gasteiger partial charge in [0.25, 0.3) is 0 Å². The molecule has 0 fully saturated rings. The minimum Gasteiger partial charge on any atom is -0.326 e. The van der Waals surface area contributed by atoms with Crippen molar-refractivity contribution < 1.29 is 4.79 Å². The van der Waals surface area contributed by atoms with Gasteiger partial charge in [-0.15, -0.1) is 0 Å². The average Bonchev–Trinajstić information content (AvgIpc) is 2.68. The number of fused-ring (bicyclic) bond motifs is 1. The van der Waals surface area contributed by atoms with Crippen LogP contribution in [0.5, 0.6) is 0 Å². The highest BCUT2D eigenvalue weighted by molar-refractivity contribution is 5.94. The first-order chi connectivity index (χ1) is 12.8. The summed E-state index contributed by atoms with van der Waals surface area (Å²) in [4.78, 5) is 17.3. The molecular formula is C23H20N2O. The van der Waals surface area contributed by atoms with Crippen molar-refractivity contribution in [1.29, 1.82) is 0 Å². The van der Waals surface area contributed by atoms with Gasteiger partial charge in [0.1, 0.15) is 0 Å². The van der Waals surface area contributed by atoms with Gasteiger partial charge < -0.3 is 5.32 Å². The molecule has 0 unspecified atom stereocenters. The molecule has 0 saturated heterocycles. The van der Waals surface area contributed by atoms with Gasteiger partial charge in [-0.05, 0) is 40.3 Å². The fourth-order valence-electron chi connectivity index (χ4n) is 5.00. The van der Waals surface area contributed by atoms with E-state index in [-0.39, 0.29) is 29.6 Å². The molecule has 3 aromatic rings. The van der Waals surface area contributed by atoms with Gasteiger partial charge >= 0.3 is 0 Å². The number of pyridine rings is 1. The van der Waals surface area contributed by atoms with Gasteiger partial charge in [-0.1, -0.05) is 55.5 Å². The van der Waals surface area contributed by atoms with Crippen molar-refractivity contribution in [2.75, 3.05) is 5.32 Å². The molecular weight excluding hydrogens is 320 g/mol. The van der Waals surface area contributed by atoms with E-state index in [0.717, 1.165) is 5.69 Å². The highest BCUT2D eigenvalue weighted by atomic mass is 16.1. The van der Waals surface area contributed by atoms with E-state index in [9.17, 15) is 4.79 Å². The van der Waals surface area contributed by atoms with E-state index in [1.165, 1.54) is 22.3 Å². The Morgan fingerprint density at radius 1 is 0.808 bits per heavy atom. The fraction of sp³-hybridized carbons (Fsp3) is 0.217. The summed E-state index contributed by atoms with van der Waals surface area (Å²) >= 11 is 0. The third kappa shape index (κ3) is 2.13. The minimum absolute atomic E-state index is 0.0713. The molecule has 6 rings (SSSR count). The van der Waals surface area contributed by atoms with Crippen molar-refractivity contribution in [2.45, 2.75) is 18.8 Å². The zero-order valence-corrected chi connectivity index (χ0v) is 14.6. The Balaban J connectivity index is 1.61. The number of carbonyl (C=O) groups is 1. The van der Waals surface area contributed by atoms with Crippen molar-refractivity contribution in [3.8, 4) is 0 Å². The molecule has 1 N–H and O–H groups in total. The Kier molecular flexibility index (Phi) is 3.42. The normalized spacial score (nSPS) is 25.3. The van der Waals surface area contributed by atoms with Crippen LogP contribution in [0.15, 0.2) is 73.1 Å². The van der Waals surface area contributed by atoms with Crippen LogP contribution in [0.25, 0.3) is 0 Å². The van der Waals surface area contributed by atoms with Crippen molar-refractivity contribution in [3.05, 3.63) is 95.3 Å². The maximum absolute atomic E-state index is 13.3. The van der Waals surface area contributed by atoms with Crippen molar-refractivity contribution in [1.82, 2.24) is 4.98 Å². The summed E-state index contributed by atoms with van der Waals surface area (Å²) in [5.41, 5.74) is 6.20. The lowest BCUT2D eigenvalue weighted by molar-refractivity contribution is -0.122. The second-order valence-corrected chi connectivity index (χ2v) is 7.32. The number of hydrogen-bond acceptors (Lipinski definition) is 2. The first kappa shape index (κ1) is 15.3. The number of nitrogens with zero attached hydrogens (tertiary/aromatic N) is 1. The molecule has 0 spiro atoms. The van der Waals surface area contributed by atoms with E-state index >= 15 is 0 Å². The van der Waals surface area contributed by atoms with Gasteiger partial charge in [-0.25, -0.2) is 0 Å². The van der Waals surface area contributed by atoms with Crippen LogP contribution < -0.4 is 5.32 Å². The molecule has 2 bridgehead atoms. The second kappa shape index (κ2) is 5.80. The van der Waals surface area contributed by atoms with E-state index in [1.54, 1.807) is 12.4 Å². The van der Waals surface area contributed by atoms with Crippen LogP contribution in [0.3, 0.4) is 0 Å². The Morgan fingerprint density at radius 3 is 1.85 bits per heavy atom. The summed E-state index contributed by atoms with van der Waals surface area (Å²) in [7, 11) is 0. The maximum Gasteiger partial charge on any atom is 0.228 e. The van der Waals surface area contributed by atoms with Gasteiger partial charge in [-0.3, -0.25) is 9.78 Å². The van der Waals surface area contributed by atoms with Crippen molar-refractivity contribution >= 4 is 11.6 Å². The summed E-state index contributed by atoms with van der Waals surface area (Å²) in [5.74, 6) is 0.678. The van der Waals surface area contributed by atoms with Gasteiger partial charge in [-0.2, -0.15) is 0 Å². The highest BCUT2D eigenvalue weighted by Gasteiger charge is 2.50. The van der Waals surface area contributed by atoms with Gasteiger partial charge in [0.2, 0.25) is 5.91 Å². The van der Waals surface area contributed by atoms with Crippen LogP contribution in [-0.2, 0) is 4.79 Å². The zero-order valence-electron chi connectivity index (χ0n) is 14.6. The Bertz CT molecular complexity index is 935. The molecule has 0 radical (unpaired) electrons. The molecule has 1 heterocycles. The van der Waals surface area contributed by atoms with Crippen LogP contribution >= 0.6 is 0 Å². The van der Waals surface area contributed by atoms with E-state index in [4.69, 9.17) is 0 Å². The highest BCUT2D eigenvalue weighted by Crippen LogP contribution is 2.58. The lowest BCUT2D eigenvalue weighted by Crippen LogP contribution is -2.44. The van der Waals surface area contributed by atoms with E-state index < -0.39 is 0 Å². The SMILES string of the molecule is C[C@H]1C2c3ccccc3C(c3ccccc32)[C@@H]1C(=O)Nc1ccncc1. The summed E-state index contributed by atoms with van der Waals surface area (Å²) in [6.07, 6.45) is 3.41. The van der Waals surface area contributed by atoms with Crippen LogP contribution in [0.2, 0.25) is 0 Å². The number of rotatable bonds is 2. The van der Waals surface area contributed by atoms with Crippen LogP contribution in [-0.4, -0.2) is 10.9 Å². The Labute approximate surface area is 153 Å². The average molecular weight is 340 g/mol. The Hall–Kier alpha value is -2.94. The lowest BCUT2D eigenvalue weighted by Gasteiger charge is -2.49. The van der Waals surface area contributed by atoms with Gasteiger partial charge in [0.05, 0.1) is 5.92 Å². The van der Waals surface area contributed by atoms with Crippen molar-refractivity contribution in [3.63, 3.8) is 0 Å². The largest absolute Gasteiger partial charge is 0.326 e. The minimum atomic E-state index is -0.0713. The molecule has 1 amide bonds. The summed E-state index contributed by atoms with van der Waals surface area (Å²) in [5, 5.41) is 3.11.